The number of halogens is 1. The lowest BCUT2D eigenvalue weighted by Crippen LogP contribution is -2.01. The smallest absolute Gasteiger partial charge is 0.138 e. The van der Waals surface area contributed by atoms with Gasteiger partial charge < -0.3 is 5.32 Å². The van der Waals surface area contributed by atoms with E-state index in [9.17, 15) is 0 Å². The van der Waals surface area contributed by atoms with E-state index in [0.29, 0.717) is 6.42 Å². The Kier molecular flexibility index (Phi) is 3.36. The number of hydrogen-bond donors (Lipinski definition) is 1. The molecular formula is C14H12ClN3S. The fraction of sp³-hybridized carbons (Fsp3) is 0.143. The van der Waals surface area contributed by atoms with E-state index < -0.39 is 0 Å². The van der Waals surface area contributed by atoms with E-state index in [1.807, 2.05) is 42.8 Å². The first-order chi connectivity index (χ1) is 9.26. The summed E-state index contributed by atoms with van der Waals surface area (Å²) >= 11 is 7.62. The zero-order chi connectivity index (χ0) is 13.2. The minimum Gasteiger partial charge on any atom is -0.372 e. The average molecular weight is 290 g/mol. The van der Waals surface area contributed by atoms with Gasteiger partial charge in [0.05, 0.1) is 5.39 Å². The fourth-order valence-corrected chi connectivity index (χ4v) is 2.99. The Morgan fingerprint density at radius 2 is 2.16 bits per heavy atom. The average Bonchev–Trinajstić information content (AvgIpc) is 2.86. The predicted octanol–water partition coefficient (Wildman–Crippen LogP) is 3.98. The van der Waals surface area contributed by atoms with E-state index in [1.54, 1.807) is 11.3 Å². The third-order valence-corrected chi connectivity index (χ3v) is 3.90. The summed E-state index contributed by atoms with van der Waals surface area (Å²) in [6, 6.07) is 9.83. The van der Waals surface area contributed by atoms with E-state index >= 15 is 0 Å². The summed E-state index contributed by atoms with van der Waals surface area (Å²) in [5, 5.41) is 6.97. The molecule has 3 aromatic rings. The topological polar surface area (TPSA) is 37.8 Å². The molecule has 2 heterocycles. The molecule has 3 nitrogen and oxygen atoms in total. The van der Waals surface area contributed by atoms with Crippen molar-refractivity contribution in [3.63, 3.8) is 0 Å². The van der Waals surface area contributed by atoms with Gasteiger partial charge in [0.25, 0.3) is 0 Å². The van der Waals surface area contributed by atoms with Crippen LogP contribution in [0.1, 0.15) is 11.4 Å². The molecule has 19 heavy (non-hydrogen) atoms. The quantitative estimate of drug-likeness (QED) is 0.792. The molecular weight excluding hydrogens is 278 g/mol. The number of benzene rings is 1. The summed E-state index contributed by atoms with van der Waals surface area (Å²) in [6.45, 7) is 0. The van der Waals surface area contributed by atoms with Gasteiger partial charge in [0.1, 0.15) is 16.5 Å². The maximum Gasteiger partial charge on any atom is 0.138 e. The van der Waals surface area contributed by atoms with E-state index in [0.717, 1.165) is 32.4 Å². The molecule has 0 bridgehead atoms. The number of hydrogen-bond acceptors (Lipinski definition) is 4. The fourth-order valence-electron chi connectivity index (χ4n) is 2.00. The summed E-state index contributed by atoms with van der Waals surface area (Å²) in [4.78, 5) is 10.2. The first-order valence-corrected chi connectivity index (χ1v) is 7.18. The Bertz CT molecular complexity index is 724. The van der Waals surface area contributed by atoms with Crippen LogP contribution in [0.5, 0.6) is 0 Å². The molecule has 0 spiro atoms. The van der Waals surface area contributed by atoms with E-state index in [-0.39, 0.29) is 0 Å². The number of thiophene rings is 1. The third-order valence-electron chi connectivity index (χ3n) is 2.86. The highest BCUT2D eigenvalue weighted by atomic mass is 35.5. The van der Waals surface area contributed by atoms with Crippen LogP contribution in [0.4, 0.5) is 5.82 Å². The maximum atomic E-state index is 6.00. The number of rotatable bonds is 3. The van der Waals surface area contributed by atoms with Gasteiger partial charge in [-0.15, -0.1) is 11.3 Å². The Morgan fingerprint density at radius 1 is 1.26 bits per heavy atom. The summed E-state index contributed by atoms with van der Waals surface area (Å²) in [5.74, 6) is 1.69. The largest absolute Gasteiger partial charge is 0.372 e. The molecule has 2 aromatic heterocycles. The van der Waals surface area contributed by atoms with Crippen molar-refractivity contribution in [2.75, 3.05) is 12.4 Å². The molecule has 96 valence electrons. The van der Waals surface area contributed by atoms with Crippen LogP contribution in [0.25, 0.3) is 10.2 Å². The minimum absolute atomic E-state index is 0.684. The van der Waals surface area contributed by atoms with Gasteiger partial charge in [-0.25, -0.2) is 9.97 Å². The standard InChI is InChI=1S/C14H12ClN3S/c1-16-13-11-5-6-19-14(11)18-12(17-13)8-9-3-2-4-10(15)7-9/h2-7H,8H2,1H3,(H,16,17,18). The number of aromatic nitrogens is 2. The van der Waals surface area contributed by atoms with Crippen LogP contribution >= 0.6 is 22.9 Å². The molecule has 1 N–H and O–H groups in total. The normalized spacial score (nSPS) is 10.8. The van der Waals surface area contributed by atoms with Crippen molar-refractivity contribution in [1.29, 1.82) is 0 Å². The Hall–Kier alpha value is -1.65. The monoisotopic (exact) mass is 289 g/mol. The number of nitrogens with one attached hydrogen (secondary N) is 1. The lowest BCUT2D eigenvalue weighted by molar-refractivity contribution is 0.998. The maximum absolute atomic E-state index is 6.00. The minimum atomic E-state index is 0.684. The lowest BCUT2D eigenvalue weighted by Gasteiger charge is -2.05. The summed E-state index contributed by atoms with van der Waals surface area (Å²) in [6.07, 6.45) is 0.684. The highest BCUT2D eigenvalue weighted by Crippen LogP contribution is 2.25. The number of nitrogens with zero attached hydrogens (tertiary/aromatic N) is 2. The van der Waals surface area contributed by atoms with Crippen LogP contribution < -0.4 is 5.32 Å². The molecule has 0 amide bonds. The molecule has 0 unspecified atom stereocenters. The molecule has 0 aliphatic rings. The molecule has 0 fully saturated rings. The lowest BCUT2D eigenvalue weighted by atomic mass is 10.1. The first-order valence-electron chi connectivity index (χ1n) is 5.92. The van der Waals surface area contributed by atoms with Gasteiger partial charge in [0, 0.05) is 18.5 Å². The molecule has 3 rings (SSSR count). The Labute approximate surface area is 120 Å². The van der Waals surface area contributed by atoms with Crippen molar-refractivity contribution in [3.05, 3.63) is 52.1 Å². The van der Waals surface area contributed by atoms with Crippen molar-refractivity contribution in [2.45, 2.75) is 6.42 Å². The molecule has 0 saturated heterocycles. The van der Waals surface area contributed by atoms with Crippen molar-refractivity contribution in [2.24, 2.45) is 0 Å². The van der Waals surface area contributed by atoms with Crippen LogP contribution in [-0.2, 0) is 6.42 Å². The highest BCUT2D eigenvalue weighted by Gasteiger charge is 2.08. The molecule has 0 radical (unpaired) electrons. The van der Waals surface area contributed by atoms with Gasteiger partial charge in [-0.2, -0.15) is 0 Å². The second-order valence-corrected chi connectivity index (χ2v) is 5.52. The van der Waals surface area contributed by atoms with Crippen molar-refractivity contribution in [1.82, 2.24) is 9.97 Å². The molecule has 5 heteroatoms. The first kappa shape index (κ1) is 12.4. The van der Waals surface area contributed by atoms with E-state index in [1.165, 1.54) is 0 Å². The van der Waals surface area contributed by atoms with Crippen molar-refractivity contribution >= 4 is 39.0 Å². The van der Waals surface area contributed by atoms with E-state index in [2.05, 4.69) is 15.3 Å². The second-order valence-electron chi connectivity index (χ2n) is 4.18. The summed E-state index contributed by atoms with van der Waals surface area (Å²) in [5.41, 5.74) is 1.12. The Morgan fingerprint density at radius 3 is 2.95 bits per heavy atom. The van der Waals surface area contributed by atoms with Crippen LogP contribution in [0.2, 0.25) is 5.02 Å². The Balaban J connectivity index is 2.01. The molecule has 0 atom stereocenters. The van der Waals surface area contributed by atoms with Gasteiger partial charge in [-0.3, -0.25) is 0 Å². The second kappa shape index (κ2) is 5.15. The number of anilines is 1. The van der Waals surface area contributed by atoms with Crippen LogP contribution in [0.15, 0.2) is 35.7 Å². The van der Waals surface area contributed by atoms with Crippen LogP contribution in [-0.4, -0.2) is 17.0 Å². The van der Waals surface area contributed by atoms with Crippen LogP contribution in [0.3, 0.4) is 0 Å². The molecule has 0 aliphatic heterocycles. The zero-order valence-corrected chi connectivity index (χ0v) is 11.9. The molecule has 0 saturated carbocycles. The van der Waals surface area contributed by atoms with Crippen LogP contribution in [0, 0.1) is 0 Å². The third kappa shape index (κ3) is 2.55. The molecule has 1 aromatic carbocycles. The number of fused-ring (bicyclic) bond motifs is 1. The van der Waals surface area contributed by atoms with Gasteiger partial charge in [-0.1, -0.05) is 23.7 Å². The van der Waals surface area contributed by atoms with Gasteiger partial charge >= 0.3 is 0 Å². The summed E-state index contributed by atoms with van der Waals surface area (Å²) in [7, 11) is 1.88. The predicted molar refractivity (Wildman–Crippen MR) is 81.2 cm³/mol. The highest BCUT2D eigenvalue weighted by molar-refractivity contribution is 7.16. The van der Waals surface area contributed by atoms with Gasteiger partial charge in [0.2, 0.25) is 0 Å². The molecule has 0 aliphatic carbocycles. The van der Waals surface area contributed by atoms with Gasteiger partial charge in [-0.05, 0) is 29.1 Å². The van der Waals surface area contributed by atoms with Crippen molar-refractivity contribution in [3.8, 4) is 0 Å². The van der Waals surface area contributed by atoms with Crippen molar-refractivity contribution < 1.29 is 0 Å². The zero-order valence-electron chi connectivity index (χ0n) is 10.4. The SMILES string of the molecule is CNc1nc(Cc2cccc(Cl)c2)nc2sccc12. The van der Waals surface area contributed by atoms with Gasteiger partial charge in [0.15, 0.2) is 0 Å². The van der Waals surface area contributed by atoms with E-state index in [4.69, 9.17) is 11.6 Å². The summed E-state index contributed by atoms with van der Waals surface area (Å²) < 4.78 is 0.